The topological polar surface area (TPSA) is 21.3 Å². The number of hydrogen-bond acceptors (Lipinski definition) is 2. The highest BCUT2D eigenvalue weighted by atomic mass is 35.5. The lowest BCUT2D eigenvalue weighted by atomic mass is 9.97. The first-order chi connectivity index (χ1) is 8.74. The molecule has 1 N–H and O–H groups in total. The lowest BCUT2D eigenvalue weighted by Crippen LogP contribution is -2.19. The maximum atomic E-state index is 5.24. The van der Waals surface area contributed by atoms with E-state index in [1.807, 2.05) is 6.07 Å². The fourth-order valence-corrected chi connectivity index (χ4v) is 2.15. The zero-order chi connectivity index (χ0) is 13.0. The summed E-state index contributed by atoms with van der Waals surface area (Å²) in [4.78, 5) is 0. The van der Waals surface area contributed by atoms with Crippen LogP contribution in [0.2, 0.25) is 0 Å². The highest BCUT2D eigenvalue weighted by molar-refractivity contribution is 5.85. The molecule has 0 spiro atoms. The third kappa shape index (κ3) is 3.85. The van der Waals surface area contributed by atoms with Crippen LogP contribution in [0.15, 0.2) is 36.4 Å². The molecule has 0 heterocycles. The molecule has 0 saturated heterocycles. The number of methoxy groups -OCH3 is 1. The average Bonchev–Trinajstić information content (AvgIpc) is 2.43. The minimum Gasteiger partial charge on any atom is -0.497 e. The molecule has 0 fully saturated rings. The van der Waals surface area contributed by atoms with Gasteiger partial charge in [0.1, 0.15) is 5.75 Å². The summed E-state index contributed by atoms with van der Waals surface area (Å²) in [6, 6.07) is 12.9. The molecule has 2 nitrogen and oxygen atoms in total. The molecular weight excluding hydrogens is 258 g/mol. The van der Waals surface area contributed by atoms with Gasteiger partial charge in [0.25, 0.3) is 0 Å². The Morgan fingerprint density at radius 1 is 1.11 bits per heavy atom. The predicted molar refractivity (Wildman–Crippen MR) is 84.7 cm³/mol. The number of rotatable bonds is 5. The van der Waals surface area contributed by atoms with Gasteiger partial charge >= 0.3 is 0 Å². The van der Waals surface area contributed by atoms with Crippen molar-refractivity contribution >= 4 is 23.2 Å². The SMILES string of the molecule is CCNC[C@@H](C)c1ccc2cc(OC)ccc2c1.Cl. The maximum Gasteiger partial charge on any atom is 0.119 e. The standard InChI is InChI=1S/C16H21NO.ClH/c1-4-17-11-12(2)13-5-6-15-10-16(18-3)8-7-14(15)9-13;/h5-10,12,17H,4,11H2,1-3H3;1H/t12-;/m1./s1. The van der Waals surface area contributed by atoms with Crippen LogP contribution in [0, 0.1) is 0 Å². The maximum absolute atomic E-state index is 5.24. The Balaban J connectivity index is 0.00000180. The zero-order valence-corrected chi connectivity index (χ0v) is 12.6. The van der Waals surface area contributed by atoms with Gasteiger partial charge in [-0.15, -0.1) is 12.4 Å². The molecule has 2 aromatic rings. The minimum atomic E-state index is 0. The predicted octanol–water partition coefficient (Wildman–Crippen LogP) is 3.98. The van der Waals surface area contributed by atoms with Crippen molar-refractivity contribution in [1.29, 1.82) is 0 Å². The fourth-order valence-electron chi connectivity index (χ4n) is 2.15. The first-order valence-electron chi connectivity index (χ1n) is 6.53. The molecular formula is C16H22ClNO. The summed E-state index contributed by atoms with van der Waals surface area (Å²) < 4.78 is 5.24. The van der Waals surface area contributed by atoms with Crippen LogP contribution < -0.4 is 10.1 Å². The number of benzene rings is 2. The van der Waals surface area contributed by atoms with Gasteiger partial charge in [0.15, 0.2) is 0 Å². The lowest BCUT2D eigenvalue weighted by Gasteiger charge is -2.13. The van der Waals surface area contributed by atoms with E-state index in [-0.39, 0.29) is 12.4 Å². The summed E-state index contributed by atoms with van der Waals surface area (Å²) in [6.07, 6.45) is 0. The molecule has 0 radical (unpaired) electrons. The third-order valence-corrected chi connectivity index (χ3v) is 3.34. The van der Waals surface area contributed by atoms with Crippen molar-refractivity contribution in [2.75, 3.05) is 20.2 Å². The van der Waals surface area contributed by atoms with Crippen molar-refractivity contribution in [1.82, 2.24) is 5.32 Å². The first-order valence-corrected chi connectivity index (χ1v) is 6.53. The second kappa shape index (κ2) is 7.37. The molecule has 3 heteroatoms. The van der Waals surface area contributed by atoms with E-state index in [4.69, 9.17) is 4.74 Å². The third-order valence-electron chi connectivity index (χ3n) is 3.34. The van der Waals surface area contributed by atoms with E-state index >= 15 is 0 Å². The molecule has 0 aromatic heterocycles. The van der Waals surface area contributed by atoms with E-state index in [1.165, 1.54) is 16.3 Å². The lowest BCUT2D eigenvalue weighted by molar-refractivity contribution is 0.415. The van der Waals surface area contributed by atoms with Gasteiger partial charge < -0.3 is 10.1 Å². The smallest absolute Gasteiger partial charge is 0.119 e. The molecule has 104 valence electrons. The summed E-state index contributed by atoms with van der Waals surface area (Å²) in [5.74, 6) is 1.45. The molecule has 19 heavy (non-hydrogen) atoms. The van der Waals surface area contributed by atoms with E-state index in [0.29, 0.717) is 5.92 Å². The quantitative estimate of drug-likeness (QED) is 0.894. The van der Waals surface area contributed by atoms with Crippen molar-refractivity contribution in [3.8, 4) is 5.75 Å². The van der Waals surface area contributed by atoms with Gasteiger partial charge in [-0.1, -0.05) is 38.1 Å². The number of nitrogens with one attached hydrogen (secondary N) is 1. The Labute approximate surface area is 121 Å². The Morgan fingerprint density at radius 3 is 2.47 bits per heavy atom. The van der Waals surface area contributed by atoms with Crippen molar-refractivity contribution in [3.05, 3.63) is 42.0 Å². The summed E-state index contributed by atoms with van der Waals surface area (Å²) >= 11 is 0. The molecule has 0 unspecified atom stereocenters. The van der Waals surface area contributed by atoms with Gasteiger partial charge in [0, 0.05) is 6.54 Å². The van der Waals surface area contributed by atoms with Crippen molar-refractivity contribution in [2.24, 2.45) is 0 Å². The molecule has 1 atom stereocenters. The van der Waals surface area contributed by atoms with E-state index < -0.39 is 0 Å². The van der Waals surface area contributed by atoms with Crippen LogP contribution >= 0.6 is 12.4 Å². The molecule has 2 aromatic carbocycles. The van der Waals surface area contributed by atoms with Gasteiger partial charge in [-0.25, -0.2) is 0 Å². The Morgan fingerprint density at radius 2 is 1.79 bits per heavy atom. The van der Waals surface area contributed by atoms with Gasteiger partial charge in [0.05, 0.1) is 7.11 Å². The highest BCUT2D eigenvalue weighted by Gasteiger charge is 2.06. The zero-order valence-electron chi connectivity index (χ0n) is 11.8. The monoisotopic (exact) mass is 279 g/mol. The van der Waals surface area contributed by atoms with E-state index in [9.17, 15) is 0 Å². The summed E-state index contributed by atoms with van der Waals surface area (Å²) in [6.45, 7) is 6.44. The second-order valence-electron chi connectivity index (χ2n) is 4.68. The van der Waals surface area contributed by atoms with Gasteiger partial charge in [-0.2, -0.15) is 0 Å². The average molecular weight is 280 g/mol. The van der Waals surface area contributed by atoms with Crippen molar-refractivity contribution in [2.45, 2.75) is 19.8 Å². The molecule has 0 aliphatic rings. The number of hydrogen-bond donors (Lipinski definition) is 1. The summed E-state index contributed by atoms with van der Waals surface area (Å²) in [7, 11) is 1.70. The van der Waals surface area contributed by atoms with Crippen LogP contribution in [0.4, 0.5) is 0 Å². The van der Waals surface area contributed by atoms with Gasteiger partial charge in [-0.3, -0.25) is 0 Å². The van der Waals surface area contributed by atoms with Crippen LogP contribution in [0.25, 0.3) is 10.8 Å². The fraction of sp³-hybridized carbons (Fsp3) is 0.375. The van der Waals surface area contributed by atoms with Gasteiger partial charge in [-0.05, 0) is 40.9 Å². The first kappa shape index (κ1) is 15.8. The number of fused-ring (bicyclic) bond motifs is 1. The number of ether oxygens (including phenoxy) is 1. The van der Waals surface area contributed by atoms with E-state index in [2.05, 4.69) is 49.5 Å². The molecule has 0 amide bonds. The van der Waals surface area contributed by atoms with E-state index in [1.54, 1.807) is 7.11 Å². The number of likely N-dealkylation sites (N-methyl/N-ethyl adjacent to an activating group) is 1. The number of halogens is 1. The van der Waals surface area contributed by atoms with Crippen molar-refractivity contribution < 1.29 is 4.74 Å². The molecule has 0 aliphatic carbocycles. The van der Waals surface area contributed by atoms with E-state index in [0.717, 1.165) is 18.8 Å². The Bertz CT molecular complexity index is 527. The molecule has 0 aliphatic heterocycles. The Hall–Kier alpha value is -1.25. The molecule has 0 bridgehead atoms. The molecule has 0 saturated carbocycles. The normalized spacial score (nSPS) is 11.9. The van der Waals surface area contributed by atoms with Crippen molar-refractivity contribution in [3.63, 3.8) is 0 Å². The highest BCUT2D eigenvalue weighted by Crippen LogP contribution is 2.24. The summed E-state index contributed by atoms with van der Waals surface area (Å²) in [5.41, 5.74) is 1.38. The second-order valence-corrected chi connectivity index (χ2v) is 4.68. The van der Waals surface area contributed by atoms with Crippen LogP contribution in [0.1, 0.15) is 25.3 Å². The molecule has 2 rings (SSSR count). The van der Waals surface area contributed by atoms with Crippen LogP contribution in [0.5, 0.6) is 5.75 Å². The van der Waals surface area contributed by atoms with Crippen LogP contribution in [-0.2, 0) is 0 Å². The van der Waals surface area contributed by atoms with Crippen LogP contribution in [-0.4, -0.2) is 20.2 Å². The summed E-state index contributed by atoms with van der Waals surface area (Å²) in [5, 5.41) is 5.90. The Kier molecular flexibility index (Phi) is 6.13. The van der Waals surface area contributed by atoms with Gasteiger partial charge in [0.2, 0.25) is 0 Å². The largest absolute Gasteiger partial charge is 0.497 e. The minimum absolute atomic E-state index is 0. The van der Waals surface area contributed by atoms with Crippen LogP contribution in [0.3, 0.4) is 0 Å².